The number of esters is 1. The molecule has 136 valence electrons. The second kappa shape index (κ2) is 7.38. The molecule has 0 aromatic heterocycles. The number of hydrogen-bond acceptors (Lipinski definition) is 6. The zero-order valence-corrected chi connectivity index (χ0v) is 14.2. The van der Waals surface area contributed by atoms with Crippen LogP contribution in [0.2, 0.25) is 0 Å². The van der Waals surface area contributed by atoms with Crippen molar-refractivity contribution >= 4 is 23.0 Å². The van der Waals surface area contributed by atoms with E-state index >= 15 is 0 Å². The second-order valence-corrected chi connectivity index (χ2v) is 5.88. The zero-order chi connectivity index (χ0) is 18.7. The van der Waals surface area contributed by atoms with Gasteiger partial charge in [-0.15, -0.1) is 0 Å². The minimum Gasteiger partial charge on any atom is -0.465 e. The highest BCUT2D eigenvalue weighted by Gasteiger charge is 2.25. The fourth-order valence-electron chi connectivity index (χ4n) is 3.07. The van der Waals surface area contributed by atoms with E-state index in [2.05, 4.69) is 4.74 Å². The lowest BCUT2D eigenvalue weighted by atomic mass is 10.1. The lowest BCUT2D eigenvalue weighted by Crippen LogP contribution is -2.46. The number of piperazine rings is 1. The van der Waals surface area contributed by atoms with E-state index in [4.69, 9.17) is 0 Å². The predicted octanol–water partition coefficient (Wildman–Crippen LogP) is 2.85. The SMILES string of the molecule is COC(=O)c1cc(N2CCN(c3ccccc3F)CC2)ccc1[N+](=O)[O-]. The Morgan fingerprint density at radius 3 is 2.38 bits per heavy atom. The predicted molar refractivity (Wildman–Crippen MR) is 95.3 cm³/mol. The molecule has 8 heteroatoms. The highest BCUT2D eigenvalue weighted by molar-refractivity contribution is 5.95. The quantitative estimate of drug-likeness (QED) is 0.475. The molecule has 0 saturated carbocycles. The molecule has 0 aliphatic carbocycles. The minimum atomic E-state index is -0.747. The first-order chi connectivity index (χ1) is 12.5. The molecule has 0 atom stereocenters. The van der Waals surface area contributed by atoms with Crippen molar-refractivity contribution in [1.82, 2.24) is 0 Å². The van der Waals surface area contributed by atoms with Crippen LogP contribution in [0.3, 0.4) is 0 Å². The molecule has 1 saturated heterocycles. The van der Waals surface area contributed by atoms with Gasteiger partial charge in [0.1, 0.15) is 11.4 Å². The summed E-state index contributed by atoms with van der Waals surface area (Å²) in [5.74, 6) is -1.01. The number of methoxy groups -OCH3 is 1. The zero-order valence-electron chi connectivity index (χ0n) is 14.2. The average molecular weight is 359 g/mol. The van der Waals surface area contributed by atoms with Gasteiger partial charge in [-0.1, -0.05) is 12.1 Å². The number of nitro benzene ring substituents is 1. The third kappa shape index (κ3) is 3.44. The maximum atomic E-state index is 13.9. The Labute approximate surface area is 149 Å². The van der Waals surface area contributed by atoms with Crippen LogP contribution in [0.5, 0.6) is 0 Å². The summed E-state index contributed by atoms with van der Waals surface area (Å²) < 4.78 is 18.6. The van der Waals surface area contributed by atoms with Crippen molar-refractivity contribution in [1.29, 1.82) is 0 Å². The first-order valence-electron chi connectivity index (χ1n) is 8.12. The van der Waals surface area contributed by atoms with E-state index in [0.29, 0.717) is 37.6 Å². The maximum Gasteiger partial charge on any atom is 0.344 e. The van der Waals surface area contributed by atoms with Gasteiger partial charge in [0.25, 0.3) is 5.69 Å². The Bertz CT molecular complexity index is 835. The van der Waals surface area contributed by atoms with E-state index < -0.39 is 10.9 Å². The molecule has 1 heterocycles. The number of hydrogen-bond donors (Lipinski definition) is 0. The molecule has 3 rings (SSSR count). The molecule has 0 N–H and O–H groups in total. The summed E-state index contributed by atoms with van der Waals surface area (Å²) in [5.41, 5.74) is 0.896. The van der Waals surface area contributed by atoms with E-state index in [1.807, 2.05) is 9.80 Å². The number of ether oxygens (including phenoxy) is 1. The molecular formula is C18H18FN3O4. The number of rotatable bonds is 4. The third-order valence-electron chi connectivity index (χ3n) is 4.42. The minimum absolute atomic E-state index is 0.0773. The van der Waals surface area contributed by atoms with Gasteiger partial charge >= 0.3 is 5.97 Å². The van der Waals surface area contributed by atoms with Gasteiger partial charge in [-0.3, -0.25) is 10.1 Å². The van der Waals surface area contributed by atoms with Crippen molar-refractivity contribution in [2.24, 2.45) is 0 Å². The molecule has 1 aliphatic heterocycles. The van der Waals surface area contributed by atoms with Crippen LogP contribution in [-0.4, -0.2) is 44.2 Å². The van der Waals surface area contributed by atoms with E-state index in [1.54, 1.807) is 24.3 Å². The molecule has 0 unspecified atom stereocenters. The number of para-hydroxylation sites is 1. The van der Waals surface area contributed by atoms with Crippen LogP contribution in [0.25, 0.3) is 0 Å². The lowest BCUT2D eigenvalue weighted by molar-refractivity contribution is -0.385. The molecule has 0 spiro atoms. The van der Waals surface area contributed by atoms with Crippen molar-refractivity contribution in [3.63, 3.8) is 0 Å². The van der Waals surface area contributed by atoms with Gasteiger partial charge in [-0.05, 0) is 24.3 Å². The summed E-state index contributed by atoms with van der Waals surface area (Å²) >= 11 is 0. The van der Waals surface area contributed by atoms with Crippen molar-refractivity contribution in [3.05, 3.63) is 64.0 Å². The molecule has 7 nitrogen and oxygen atoms in total. The normalized spacial score (nSPS) is 14.2. The highest BCUT2D eigenvalue weighted by atomic mass is 19.1. The largest absolute Gasteiger partial charge is 0.465 e. The van der Waals surface area contributed by atoms with Crippen LogP contribution in [0, 0.1) is 15.9 Å². The molecule has 0 radical (unpaired) electrons. The monoisotopic (exact) mass is 359 g/mol. The van der Waals surface area contributed by atoms with Gasteiger partial charge in [0.15, 0.2) is 0 Å². The van der Waals surface area contributed by atoms with E-state index in [0.717, 1.165) is 0 Å². The van der Waals surface area contributed by atoms with Crippen molar-refractivity contribution < 1.29 is 18.8 Å². The fourth-order valence-corrected chi connectivity index (χ4v) is 3.07. The number of carbonyl (C=O) groups excluding carboxylic acids is 1. The van der Waals surface area contributed by atoms with Crippen LogP contribution in [0.1, 0.15) is 10.4 Å². The standard InChI is InChI=1S/C18H18FN3O4/c1-26-18(23)14-12-13(6-7-16(14)22(24)25)20-8-10-21(11-9-20)17-5-3-2-4-15(17)19/h2-7,12H,8-11H2,1H3. The first kappa shape index (κ1) is 17.7. The number of nitro groups is 1. The van der Waals surface area contributed by atoms with Gasteiger partial charge in [0, 0.05) is 37.9 Å². The Morgan fingerprint density at radius 2 is 1.77 bits per heavy atom. The topological polar surface area (TPSA) is 75.9 Å². The van der Waals surface area contributed by atoms with Gasteiger partial charge in [0.05, 0.1) is 17.7 Å². The molecule has 1 fully saturated rings. The summed E-state index contributed by atoms with van der Waals surface area (Å²) in [5, 5.41) is 11.1. The average Bonchev–Trinajstić information content (AvgIpc) is 2.67. The maximum absolute atomic E-state index is 13.9. The van der Waals surface area contributed by atoms with Crippen LogP contribution in [-0.2, 0) is 4.74 Å². The fraction of sp³-hybridized carbons (Fsp3) is 0.278. The second-order valence-electron chi connectivity index (χ2n) is 5.88. The van der Waals surface area contributed by atoms with Crippen LogP contribution in [0.15, 0.2) is 42.5 Å². The third-order valence-corrected chi connectivity index (χ3v) is 4.42. The number of halogens is 1. The number of benzene rings is 2. The van der Waals surface area contributed by atoms with Crippen LogP contribution < -0.4 is 9.80 Å². The van der Waals surface area contributed by atoms with Gasteiger partial charge in [-0.25, -0.2) is 9.18 Å². The molecular weight excluding hydrogens is 341 g/mol. The molecule has 0 amide bonds. The molecule has 2 aromatic carbocycles. The highest BCUT2D eigenvalue weighted by Crippen LogP contribution is 2.27. The van der Waals surface area contributed by atoms with Gasteiger partial charge < -0.3 is 14.5 Å². The van der Waals surface area contributed by atoms with Crippen molar-refractivity contribution in [2.45, 2.75) is 0 Å². The lowest BCUT2D eigenvalue weighted by Gasteiger charge is -2.37. The van der Waals surface area contributed by atoms with E-state index in [-0.39, 0.29) is 17.1 Å². The summed E-state index contributed by atoms with van der Waals surface area (Å²) in [6.45, 7) is 2.41. The first-order valence-corrected chi connectivity index (χ1v) is 8.12. The molecule has 26 heavy (non-hydrogen) atoms. The molecule has 2 aromatic rings. The Kier molecular flexibility index (Phi) is 5.01. The van der Waals surface area contributed by atoms with Crippen LogP contribution in [0.4, 0.5) is 21.5 Å². The summed E-state index contributed by atoms with van der Waals surface area (Å²) in [6, 6.07) is 11.0. The van der Waals surface area contributed by atoms with Gasteiger partial charge in [-0.2, -0.15) is 0 Å². The molecule has 0 bridgehead atoms. The van der Waals surface area contributed by atoms with Gasteiger partial charge in [0.2, 0.25) is 0 Å². The number of carbonyl (C=O) groups is 1. The summed E-state index contributed by atoms with van der Waals surface area (Å²) in [6.07, 6.45) is 0. The Hall–Kier alpha value is -3.16. The summed E-state index contributed by atoms with van der Waals surface area (Å²) in [7, 11) is 1.19. The van der Waals surface area contributed by atoms with Crippen molar-refractivity contribution in [2.75, 3.05) is 43.1 Å². The number of anilines is 2. The van der Waals surface area contributed by atoms with Crippen molar-refractivity contribution in [3.8, 4) is 0 Å². The van der Waals surface area contributed by atoms with Crippen LogP contribution >= 0.6 is 0 Å². The number of nitrogens with zero attached hydrogens (tertiary/aromatic N) is 3. The smallest absolute Gasteiger partial charge is 0.344 e. The van der Waals surface area contributed by atoms with E-state index in [9.17, 15) is 19.3 Å². The van der Waals surface area contributed by atoms with E-state index in [1.165, 1.54) is 25.3 Å². The summed E-state index contributed by atoms with van der Waals surface area (Å²) in [4.78, 5) is 26.3. The Balaban J connectivity index is 1.78. The molecule has 1 aliphatic rings. The Morgan fingerprint density at radius 1 is 1.12 bits per heavy atom.